The second kappa shape index (κ2) is 7.55. The second-order valence-corrected chi connectivity index (χ2v) is 5.98. The summed E-state index contributed by atoms with van der Waals surface area (Å²) in [5, 5.41) is 10.8. The highest BCUT2D eigenvalue weighted by Crippen LogP contribution is 2.25. The first-order chi connectivity index (χ1) is 11.6. The number of hydrogen-bond acceptors (Lipinski definition) is 5. The summed E-state index contributed by atoms with van der Waals surface area (Å²) in [5.74, 6) is 0.112. The first kappa shape index (κ1) is 16.6. The van der Waals surface area contributed by atoms with Crippen LogP contribution in [0.3, 0.4) is 0 Å². The number of nitro benzene ring substituents is 1. The number of carbonyl (C=O) groups excluding carboxylic acids is 1. The van der Waals surface area contributed by atoms with E-state index in [2.05, 4.69) is 0 Å². The molecule has 0 spiro atoms. The average molecular weight is 332 g/mol. The Morgan fingerprint density at radius 3 is 2.88 bits per heavy atom. The van der Waals surface area contributed by atoms with E-state index in [1.165, 1.54) is 18.2 Å². The molecule has 1 amide bonds. The van der Waals surface area contributed by atoms with Crippen LogP contribution in [0.2, 0.25) is 0 Å². The maximum absolute atomic E-state index is 12.4. The van der Waals surface area contributed by atoms with Crippen molar-refractivity contribution >= 4 is 17.7 Å². The number of amides is 1. The molecule has 0 N–H and O–H groups in total. The Hall–Kier alpha value is -2.25. The lowest BCUT2D eigenvalue weighted by atomic mass is 9.97. The molecule has 0 radical (unpaired) electrons. The average Bonchev–Trinajstić information content (AvgIpc) is 3.15. The van der Waals surface area contributed by atoms with Crippen LogP contribution < -0.4 is 0 Å². The third-order valence-corrected chi connectivity index (χ3v) is 4.30. The van der Waals surface area contributed by atoms with Crippen molar-refractivity contribution in [3.8, 4) is 0 Å². The lowest BCUT2D eigenvalue weighted by Crippen LogP contribution is -2.43. The van der Waals surface area contributed by atoms with Crippen molar-refractivity contribution in [2.45, 2.75) is 19.1 Å². The van der Waals surface area contributed by atoms with E-state index in [1.807, 2.05) is 0 Å². The van der Waals surface area contributed by atoms with Crippen LogP contribution in [0.1, 0.15) is 18.4 Å². The number of benzene rings is 1. The van der Waals surface area contributed by atoms with E-state index < -0.39 is 4.92 Å². The fraction of sp³-hybridized carbons (Fsp3) is 0.471. The van der Waals surface area contributed by atoms with Crippen molar-refractivity contribution in [1.29, 1.82) is 0 Å². The Balaban J connectivity index is 1.61. The van der Waals surface area contributed by atoms with Gasteiger partial charge < -0.3 is 14.4 Å². The number of piperidine rings is 1. The van der Waals surface area contributed by atoms with Gasteiger partial charge in [-0.2, -0.15) is 0 Å². The maximum Gasteiger partial charge on any atom is 0.270 e. The fourth-order valence-electron chi connectivity index (χ4n) is 3.10. The summed E-state index contributed by atoms with van der Waals surface area (Å²) in [6.45, 7) is 2.55. The van der Waals surface area contributed by atoms with E-state index >= 15 is 0 Å². The van der Waals surface area contributed by atoms with Gasteiger partial charge in [0.05, 0.1) is 18.1 Å². The minimum absolute atomic E-state index is 0.0122. The summed E-state index contributed by atoms with van der Waals surface area (Å²) in [6, 6.07) is 6.21. The summed E-state index contributed by atoms with van der Waals surface area (Å²) >= 11 is 0. The third kappa shape index (κ3) is 3.98. The van der Waals surface area contributed by atoms with Crippen molar-refractivity contribution in [1.82, 2.24) is 4.90 Å². The van der Waals surface area contributed by atoms with E-state index in [4.69, 9.17) is 9.47 Å². The topological polar surface area (TPSA) is 81.9 Å². The largest absolute Gasteiger partial charge is 0.350 e. The Morgan fingerprint density at radius 2 is 2.12 bits per heavy atom. The van der Waals surface area contributed by atoms with Crippen LogP contribution in [0, 0.1) is 16.0 Å². The molecule has 0 aliphatic carbocycles. The molecule has 1 aromatic carbocycles. The molecular weight excluding hydrogens is 312 g/mol. The van der Waals surface area contributed by atoms with Gasteiger partial charge in [-0.3, -0.25) is 14.9 Å². The fourth-order valence-corrected chi connectivity index (χ4v) is 3.10. The van der Waals surface area contributed by atoms with E-state index in [-0.39, 0.29) is 23.8 Å². The molecule has 128 valence electrons. The molecule has 7 nitrogen and oxygen atoms in total. The van der Waals surface area contributed by atoms with E-state index in [1.54, 1.807) is 23.1 Å². The lowest BCUT2D eigenvalue weighted by Gasteiger charge is -2.34. The third-order valence-electron chi connectivity index (χ3n) is 4.30. The molecule has 2 heterocycles. The van der Waals surface area contributed by atoms with E-state index in [9.17, 15) is 14.9 Å². The van der Waals surface area contributed by atoms with E-state index in [0.29, 0.717) is 31.9 Å². The van der Waals surface area contributed by atoms with Gasteiger partial charge in [-0.1, -0.05) is 12.1 Å². The normalized spacial score (nSPS) is 22.2. The number of carbonyl (C=O) groups is 1. The van der Waals surface area contributed by atoms with E-state index in [0.717, 1.165) is 12.8 Å². The predicted octanol–water partition coefficient (Wildman–Crippen LogP) is 2.22. The first-order valence-electron chi connectivity index (χ1n) is 8.08. The molecule has 3 rings (SSSR count). The van der Waals surface area contributed by atoms with Gasteiger partial charge in [-0.05, 0) is 24.5 Å². The molecule has 7 heteroatoms. The zero-order valence-electron chi connectivity index (χ0n) is 13.3. The van der Waals surface area contributed by atoms with Gasteiger partial charge in [0.15, 0.2) is 6.29 Å². The Morgan fingerprint density at radius 1 is 1.33 bits per heavy atom. The number of non-ortho nitro benzene ring substituents is 1. The number of likely N-dealkylation sites (tertiary alicyclic amines) is 1. The molecule has 1 aromatic rings. The summed E-state index contributed by atoms with van der Waals surface area (Å²) in [7, 11) is 0. The van der Waals surface area contributed by atoms with Crippen molar-refractivity contribution in [3.63, 3.8) is 0 Å². The summed E-state index contributed by atoms with van der Waals surface area (Å²) < 4.78 is 11.1. The molecule has 2 saturated heterocycles. The van der Waals surface area contributed by atoms with Gasteiger partial charge in [-0.15, -0.1) is 0 Å². The van der Waals surface area contributed by atoms with Gasteiger partial charge >= 0.3 is 0 Å². The Kier molecular flexibility index (Phi) is 5.22. The van der Waals surface area contributed by atoms with Crippen LogP contribution >= 0.6 is 0 Å². The summed E-state index contributed by atoms with van der Waals surface area (Å²) in [5.41, 5.74) is 0.645. The van der Waals surface area contributed by atoms with Crippen LogP contribution in [-0.4, -0.2) is 48.3 Å². The lowest BCUT2D eigenvalue weighted by molar-refractivity contribution is -0.384. The summed E-state index contributed by atoms with van der Waals surface area (Å²) in [4.78, 5) is 24.5. The molecule has 2 fully saturated rings. The first-order valence-corrected chi connectivity index (χ1v) is 8.08. The second-order valence-electron chi connectivity index (χ2n) is 5.98. The van der Waals surface area contributed by atoms with Crippen molar-refractivity contribution < 1.29 is 19.2 Å². The number of ether oxygens (including phenoxy) is 2. The highest BCUT2D eigenvalue weighted by Gasteiger charge is 2.32. The van der Waals surface area contributed by atoms with Crippen LogP contribution in [0.25, 0.3) is 6.08 Å². The number of hydrogen-bond donors (Lipinski definition) is 0. The van der Waals surface area contributed by atoms with Crippen LogP contribution in [-0.2, 0) is 14.3 Å². The molecule has 0 saturated carbocycles. The zero-order valence-corrected chi connectivity index (χ0v) is 13.3. The minimum Gasteiger partial charge on any atom is -0.350 e. The molecule has 24 heavy (non-hydrogen) atoms. The maximum atomic E-state index is 12.4. The summed E-state index contributed by atoms with van der Waals surface area (Å²) in [6.07, 6.45) is 4.79. The van der Waals surface area contributed by atoms with Crippen LogP contribution in [0.4, 0.5) is 5.69 Å². The van der Waals surface area contributed by atoms with Gasteiger partial charge in [-0.25, -0.2) is 0 Å². The van der Waals surface area contributed by atoms with Crippen molar-refractivity contribution in [3.05, 3.63) is 46.0 Å². The number of nitro groups is 1. The van der Waals surface area contributed by atoms with Crippen LogP contribution in [0.5, 0.6) is 0 Å². The molecule has 2 aliphatic rings. The molecular formula is C17H20N2O5. The molecule has 0 aromatic heterocycles. The number of rotatable bonds is 4. The minimum atomic E-state index is -0.448. The van der Waals surface area contributed by atoms with Gasteiger partial charge in [0.2, 0.25) is 5.91 Å². The predicted molar refractivity (Wildman–Crippen MR) is 87.1 cm³/mol. The van der Waals surface area contributed by atoms with Gasteiger partial charge in [0.25, 0.3) is 5.69 Å². The Bertz CT molecular complexity index is 640. The highest BCUT2D eigenvalue weighted by molar-refractivity contribution is 5.91. The molecule has 2 aliphatic heterocycles. The van der Waals surface area contributed by atoms with Crippen molar-refractivity contribution in [2.24, 2.45) is 5.92 Å². The zero-order chi connectivity index (χ0) is 16.9. The quantitative estimate of drug-likeness (QED) is 0.480. The van der Waals surface area contributed by atoms with Gasteiger partial charge in [0.1, 0.15) is 0 Å². The number of nitrogens with zero attached hydrogens (tertiary/aromatic N) is 2. The monoisotopic (exact) mass is 332 g/mol. The molecule has 1 atom stereocenters. The Labute approximate surface area is 140 Å². The molecule has 0 bridgehead atoms. The van der Waals surface area contributed by atoms with Gasteiger partial charge in [0, 0.05) is 37.2 Å². The smallest absolute Gasteiger partial charge is 0.270 e. The highest BCUT2D eigenvalue weighted by atomic mass is 16.7. The SMILES string of the molecule is O=C(/C=C/c1cccc([N+](=O)[O-])c1)N1CCC[C@@H](C2OCCO2)C1. The van der Waals surface area contributed by atoms with Crippen LogP contribution in [0.15, 0.2) is 30.3 Å². The molecule has 0 unspecified atom stereocenters. The van der Waals surface area contributed by atoms with Crippen molar-refractivity contribution in [2.75, 3.05) is 26.3 Å². The standard InChI is InChI=1S/C17H20N2O5/c20-16(7-6-13-3-1-5-15(11-13)19(21)22)18-8-2-4-14(12-18)17-23-9-10-24-17/h1,3,5-7,11,14,17H,2,4,8-10,12H2/b7-6+/t14-/m1/s1.